The summed E-state index contributed by atoms with van der Waals surface area (Å²) in [5.41, 5.74) is 4.74. The number of ether oxygens (including phenoxy) is 1. The fourth-order valence-corrected chi connectivity index (χ4v) is 3.62. The van der Waals surface area contributed by atoms with Gasteiger partial charge >= 0.3 is 0 Å². The fraction of sp³-hybridized carbons (Fsp3) is 0.217. The Morgan fingerprint density at radius 3 is 1.85 bits per heavy atom. The molecule has 0 aliphatic carbocycles. The highest BCUT2D eigenvalue weighted by atomic mass is 16.5. The molecule has 0 N–H and O–H groups in total. The fourth-order valence-electron chi connectivity index (χ4n) is 3.62. The Morgan fingerprint density at radius 2 is 1.35 bits per heavy atom. The van der Waals surface area contributed by atoms with Crippen LogP contribution < -0.4 is 4.90 Å². The van der Waals surface area contributed by atoms with Gasteiger partial charge in [0.15, 0.2) is 6.23 Å². The molecule has 0 spiro atoms. The first-order chi connectivity index (χ1) is 12.7. The Morgan fingerprint density at radius 1 is 0.808 bits per heavy atom. The Labute approximate surface area is 154 Å². The maximum Gasteiger partial charge on any atom is 0.160 e. The third kappa shape index (κ3) is 2.74. The first kappa shape index (κ1) is 16.7. The van der Waals surface area contributed by atoms with Crippen LogP contribution in [0.2, 0.25) is 0 Å². The molecule has 3 aromatic carbocycles. The predicted octanol–water partition coefficient (Wildman–Crippen LogP) is 5.44. The number of hydrogen-bond acceptors (Lipinski definition) is 2. The monoisotopic (exact) mass is 344 g/mol. The summed E-state index contributed by atoms with van der Waals surface area (Å²) in [5, 5.41) is 2.52. The molecule has 3 nitrogen and oxygen atoms in total. The largest absolute Gasteiger partial charge is 0.378 e. The Bertz CT molecular complexity index is 978. The number of nitrogens with zero attached hydrogens (tertiary/aromatic N) is 2. The van der Waals surface area contributed by atoms with Gasteiger partial charge in [-0.15, -0.1) is 0 Å². The molecule has 4 rings (SSSR count). The summed E-state index contributed by atoms with van der Waals surface area (Å²) in [7, 11) is 4.12. The van der Waals surface area contributed by atoms with Crippen molar-refractivity contribution in [3.8, 4) is 0 Å². The highest BCUT2D eigenvalue weighted by Crippen LogP contribution is 2.35. The van der Waals surface area contributed by atoms with Gasteiger partial charge < -0.3 is 14.2 Å². The van der Waals surface area contributed by atoms with Crippen LogP contribution in [0.5, 0.6) is 0 Å². The number of aromatic nitrogens is 1. The lowest BCUT2D eigenvalue weighted by molar-refractivity contribution is 0.0470. The van der Waals surface area contributed by atoms with Gasteiger partial charge in [0.05, 0.1) is 11.0 Å². The van der Waals surface area contributed by atoms with Crippen molar-refractivity contribution in [1.82, 2.24) is 4.57 Å². The van der Waals surface area contributed by atoms with E-state index in [1.54, 1.807) is 0 Å². The van der Waals surface area contributed by atoms with Crippen LogP contribution in [0.3, 0.4) is 0 Å². The molecule has 0 aliphatic rings. The lowest BCUT2D eigenvalue weighted by Crippen LogP contribution is -2.15. The second kappa shape index (κ2) is 6.85. The molecule has 0 bridgehead atoms. The molecule has 3 heteroatoms. The van der Waals surface area contributed by atoms with Crippen molar-refractivity contribution in [2.24, 2.45) is 0 Å². The van der Waals surface area contributed by atoms with Crippen molar-refractivity contribution < 1.29 is 4.74 Å². The molecule has 4 aromatic rings. The van der Waals surface area contributed by atoms with Crippen molar-refractivity contribution in [3.05, 3.63) is 78.4 Å². The van der Waals surface area contributed by atoms with Crippen LogP contribution in [0.25, 0.3) is 21.8 Å². The normalized spacial score (nSPS) is 12.6. The Kier molecular flexibility index (Phi) is 4.39. The molecule has 132 valence electrons. The van der Waals surface area contributed by atoms with E-state index in [1.807, 2.05) is 0 Å². The number of hydrogen-bond donors (Lipinski definition) is 0. The molecule has 0 saturated heterocycles. The lowest BCUT2D eigenvalue weighted by Gasteiger charge is -2.23. The Balaban J connectivity index is 1.94. The van der Waals surface area contributed by atoms with E-state index in [1.165, 1.54) is 27.5 Å². The van der Waals surface area contributed by atoms with Gasteiger partial charge in [-0.3, -0.25) is 0 Å². The van der Waals surface area contributed by atoms with Gasteiger partial charge in [0.2, 0.25) is 0 Å². The van der Waals surface area contributed by atoms with Crippen molar-refractivity contribution >= 4 is 27.5 Å². The summed E-state index contributed by atoms with van der Waals surface area (Å²) >= 11 is 0. The molecule has 26 heavy (non-hydrogen) atoms. The SMILES string of the molecule is CCOC(c1ccc(N(C)C)cc1)n1c2ccccc2c2ccccc21. The minimum absolute atomic E-state index is 0.152. The van der Waals surface area contributed by atoms with Crippen LogP contribution in [-0.2, 0) is 4.74 Å². The van der Waals surface area contributed by atoms with Gasteiger partial charge in [0, 0.05) is 42.7 Å². The van der Waals surface area contributed by atoms with Gasteiger partial charge in [0.25, 0.3) is 0 Å². The summed E-state index contributed by atoms with van der Waals surface area (Å²) in [6.07, 6.45) is -0.152. The van der Waals surface area contributed by atoms with Crippen LogP contribution >= 0.6 is 0 Å². The van der Waals surface area contributed by atoms with Crippen molar-refractivity contribution in [3.63, 3.8) is 0 Å². The van der Waals surface area contributed by atoms with Crippen molar-refractivity contribution in [2.75, 3.05) is 25.6 Å². The highest BCUT2D eigenvalue weighted by molar-refractivity contribution is 6.08. The Hall–Kier alpha value is -2.78. The van der Waals surface area contributed by atoms with E-state index in [4.69, 9.17) is 4.74 Å². The van der Waals surface area contributed by atoms with Crippen molar-refractivity contribution in [1.29, 1.82) is 0 Å². The summed E-state index contributed by atoms with van der Waals surface area (Å²) in [5.74, 6) is 0. The number of rotatable bonds is 5. The second-order valence-electron chi connectivity index (χ2n) is 6.70. The van der Waals surface area contributed by atoms with Gasteiger partial charge in [-0.2, -0.15) is 0 Å². The summed E-state index contributed by atoms with van der Waals surface area (Å²) in [6, 6.07) is 25.7. The molecule has 1 heterocycles. The first-order valence-corrected chi connectivity index (χ1v) is 9.07. The number of fused-ring (bicyclic) bond motifs is 3. The standard InChI is InChI=1S/C23H24N2O/c1-4-26-23(17-13-15-18(16-14-17)24(2)3)25-21-11-7-5-9-19(21)20-10-6-8-12-22(20)25/h5-16,23H,4H2,1-3H3. The minimum atomic E-state index is -0.152. The number of para-hydroxylation sites is 2. The smallest absolute Gasteiger partial charge is 0.160 e. The van der Waals surface area contributed by atoms with Gasteiger partial charge in [-0.1, -0.05) is 48.5 Å². The molecule has 0 saturated carbocycles. The molecule has 0 amide bonds. The topological polar surface area (TPSA) is 17.4 Å². The van der Waals surface area contributed by atoms with E-state index >= 15 is 0 Å². The minimum Gasteiger partial charge on any atom is -0.378 e. The van der Waals surface area contributed by atoms with Crippen LogP contribution in [0.4, 0.5) is 5.69 Å². The van der Waals surface area contributed by atoms with Crippen LogP contribution in [0, 0.1) is 0 Å². The van der Waals surface area contributed by atoms with Crippen LogP contribution in [0.15, 0.2) is 72.8 Å². The quantitative estimate of drug-likeness (QED) is 0.479. The molecule has 0 fully saturated rings. The molecule has 1 atom stereocenters. The van der Waals surface area contributed by atoms with Crippen LogP contribution in [-0.4, -0.2) is 25.3 Å². The van der Waals surface area contributed by atoms with E-state index in [2.05, 4.69) is 103 Å². The highest BCUT2D eigenvalue weighted by Gasteiger charge is 2.20. The second-order valence-corrected chi connectivity index (χ2v) is 6.70. The van der Waals surface area contributed by atoms with Crippen molar-refractivity contribution in [2.45, 2.75) is 13.2 Å². The number of anilines is 1. The van der Waals surface area contributed by atoms with E-state index in [9.17, 15) is 0 Å². The van der Waals surface area contributed by atoms with Gasteiger partial charge in [-0.25, -0.2) is 0 Å². The molecule has 1 aromatic heterocycles. The lowest BCUT2D eigenvalue weighted by atomic mass is 10.1. The molecule has 0 aliphatic heterocycles. The zero-order chi connectivity index (χ0) is 18.1. The maximum absolute atomic E-state index is 6.24. The zero-order valence-electron chi connectivity index (χ0n) is 15.5. The molecule has 1 unspecified atom stereocenters. The molecular formula is C23H24N2O. The van der Waals surface area contributed by atoms with E-state index in [0.29, 0.717) is 6.61 Å². The average molecular weight is 344 g/mol. The molecular weight excluding hydrogens is 320 g/mol. The first-order valence-electron chi connectivity index (χ1n) is 9.07. The van der Waals surface area contributed by atoms with Gasteiger partial charge in [-0.05, 0) is 31.2 Å². The number of benzene rings is 3. The summed E-state index contributed by atoms with van der Waals surface area (Å²) in [4.78, 5) is 2.11. The summed E-state index contributed by atoms with van der Waals surface area (Å²) < 4.78 is 8.56. The van der Waals surface area contributed by atoms with E-state index < -0.39 is 0 Å². The maximum atomic E-state index is 6.24. The zero-order valence-corrected chi connectivity index (χ0v) is 15.5. The third-order valence-corrected chi connectivity index (χ3v) is 4.87. The third-order valence-electron chi connectivity index (χ3n) is 4.87. The average Bonchev–Trinajstić information content (AvgIpc) is 3.01. The van der Waals surface area contributed by atoms with E-state index in [-0.39, 0.29) is 6.23 Å². The van der Waals surface area contributed by atoms with E-state index in [0.717, 1.165) is 5.56 Å². The van der Waals surface area contributed by atoms with Gasteiger partial charge in [0.1, 0.15) is 0 Å². The van der Waals surface area contributed by atoms with Crippen LogP contribution in [0.1, 0.15) is 18.7 Å². The molecule has 0 radical (unpaired) electrons. The predicted molar refractivity (Wildman–Crippen MR) is 110 cm³/mol. The summed E-state index contributed by atoms with van der Waals surface area (Å²) in [6.45, 7) is 2.70.